The predicted octanol–water partition coefficient (Wildman–Crippen LogP) is 4.96. The molecule has 0 N–H and O–H groups in total. The minimum absolute atomic E-state index is 0.252. The molecule has 94 valence electrons. The van der Waals surface area contributed by atoms with Gasteiger partial charge in [0.15, 0.2) is 5.12 Å². The Morgan fingerprint density at radius 2 is 1.50 bits per heavy atom. The lowest BCUT2D eigenvalue weighted by atomic mass is 10.1. The average molecular weight is 242 g/mol. The van der Waals surface area contributed by atoms with Gasteiger partial charge < -0.3 is 0 Å². The highest BCUT2D eigenvalue weighted by Crippen LogP contribution is 2.12. The first-order chi connectivity index (χ1) is 7.77. The van der Waals surface area contributed by atoms with Gasteiger partial charge in [-0.2, -0.15) is 0 Å². The standard InChI is InChI=1S/C14H26OS/c1-3-4-5-6-7-8-9-10-11-12-13-16-14(2)15/h3H,1,4-13H2,2H3. The fraction of sp³-hybridized carbons (Fsp3) is 0.786. The Morgan fingerprint density at radius 3 is 2.00 bits per heavy atom. The predicted molar refractivity (Wildman–Crippen MR) is 74.9 cm³/mol. The lowest BCUT2D eigenvalue weighted by Gasteiger charge is -2.01. The Kier molecular flexibility index (Phi) is 12.6. The van der Waals surface area contributed by atoms with Crippen LogP contribution in [0.25, 0.3) is 0 Å². The van der Waals surface area contributed by atoms with E-state index in [9.17, 15) is 4.79 Å². The molecular formula is C14H26OS. The van der Waals surface area contributed by atoms with Crippen molar-refractivity contribution in [2.24, 2.45) is 0 Å². The Bertz CT molecular complexity index is 178. The summed E-state index contributed by atoms with van der Waals surface area (Å²) in [6, 6.07) is 0. The van der Waals surface area contributed by atoms with Crippen molar-refractivity contribution in [2.45, 2.75) is 64.7 Å². The number of unbranched alkanes of at least 4 members (excludes halogenated alkanes) is 8. The molecule has 0 atom stereocenters. The van der Waals surface area contributed by atoms with E-state index in [0.717, 1.165) is 5.75 Å². The van der Waals surface area contributed by atoms with Crippen LogP contribution in [0.4, 0.5) is 0 Å². The molecule has 0 aliphatic rings. The van der Waals surface area contributed by atoms with Crippen molar-refractivity contribution in [2.75, 3.05) is 5.75 Å². The van der Waals surface area contributed by atoms with Crippen LogP contribution in [0.5, 0.6) is 0 Å². The van der Waals surface area contributed by atoms with Crippen LogP contribution in [0.2, 0.25) is 0 Å². The molecule has 0 aliphatic carbocycles. The van der Waals surface area contributed by atoms with Crippen LogP contribution in [-0.4, -0.2) is 10.9 Å². The van der Waals surface area contributed by atoms with Crippen molar-refractivity contribution >= 4 is 16.9 Å². The Balaban J connectivity index is 2.93. The number of rotatable bonds is 11. The van der Waals surface area contributed by atoms with Crippen molar-refractivity contribution < 1.29 is 4.79 Å². The molecule has 0 heterocycles. The fourth-order valence-corrected chi connectivity index (χ4v) is 2.30. The molecule has 0 saturated carbocycles. The molecule has 16 heavy (non-hydrogen) atoms. The summed E-state index contributed by atoms with van der Waals surface area (Å²) in [4.78, 5) is 10.7. The number of hydrogen-bond donors (Lipinski definition) is 0. The fourth-order valence-electron chi connectivity index (χ4n) is 1.67. The normalized spacial score (nSPS) is 10.3. The summed E-state index contributed by atoms with van der Waals surface area (Å²) < 4.78 is 0. The van der Waals surface area contributed by atoms with Crippen molar-refractivity contribution in [3.63, 3.8) is 0 Å². The minimum atomic E-state index is 0.252. The van der Waals surface area contributed by atoms with Gasteiger partial charge in [0.1, 0.15) is 0 Å². The van der Waals surface area contributed by atoms with Gasteiger partial charge in [0, 0.05) is 12.7 Å². The van der Waals surface area contributed by atoms with E-state index < -0.39 is 0 Å². The third-order valence-electron chi connectivity index (χ3n) is 2.61. The maximum Gasteiger partial charge on any atom is 0.185 e. The largest absolute Gasteiger partial charge is 0.288 e. The van der Waals surface area contributed by atoms with Gasteiger partial charge in [-0.3, -0.25) is 4.79 Å². The van der Waals surface area contributed by atoms with Crippen molar-refractivity contribution in [3.05, 3.63) is 12.7 Å². The highest BCUT2D eigenvalue weighted by Gasteiger charge is 1.95. The molecule has 0 aliphatic heterocycles. The second-order valence-corrected chi connectivity index (χ2v) is 5.52. The van der Waals surface area contributed by atoms with Crippen LogP contribution in [0, 0.1) is 0 Å². The molecule has 2 heteroatoms. The average Bonchev–Trinajstić information content (AvgIpc) is 2.25. The van der Waals surface area contributed by atoms with Gasteiger partial charge in [-0.25, -0.2) is 0 Å². The maximum atomic E-state index is 10.7. The number of carbonyl (C=O) groups is 1. The quantitative estimate of drug-likeness (QED) is 0.376. The minimum Gasteiger partial charge on any atom is -0.288 e. The number of carbonyl (C=O) groups excluding carboxylic acids is 1. The molecule has 0 fully saturated rings. The molecule has 0 aromatic carbocycles. The third kappa shape index (κ3) is 13.8. The monoisotopic (exact) mass is 242 g/mol. The van der Waals surface area contributed by atoms with Gasteiger partial charge in [0.25, 0.3) is 0 Å². The summed E-state index contributed by atoms with van der Waals surface area (Å²) in [5.74, 6) is 1.01. The Hall–Kier alpha value is -0.240. The lowest BCUT2D eigenvalue weighted by Crippen LogP contribution is -1.87. The van der Waals surface area contributed by atoms with Crippen LogP contribution in [-0.2, 0) is 4.79 Å². The topological polar surface area (TPSA) is 17.1 Å². The molecule has 0 aromatic heterocycles. The summed E-state index contributed by atoms with van der Waals surface area (Å²) in [5, 5.41) is 0.252. The van der Waals surface area contributed by atoms with Gasteiger partial charge in [-0.15, -0.1) is 6.58 Å². The van der Waals surface area contributed by atoms with Gasteiger partial charge in [-0.05, 0) is 19.3 Å². The third-order valence-corrected chi connectivity index (χ3v) is 3.51. The molecule has 0 spiro atoms. The molecule has 0 aromatic rings. The molecule has 0 unspecified atom stereocenters. The van der Waals surface area contributed by atoms with Gasteiger partial charge in [0.05, 0.1) is 0 Å². The van der Waals surface area contributed by atoms with Crippen LogP contribution in [0.3, 0.4) is 0 Å². The zero-order valence-electron chi connectivity index (χ0n) is 10.7. The first-order valence-electron chi connectivity index (χ1n) is 6.51. The van der Waals surface area contributed by atoms with Crippen LogP contribution in [0.1, 0.15) is 64.7 Å². The second-order valence-electron chi connectivity index (χ2n) is 4.25. The lowest BCUT2D eigenvalue weighted by molar-refractivity contribution is -0.109. The molecule has 0 saturated heterocycles. The van der Waals surface area contributed by atoms with E-state index in [1.807, 2.05) is 6.08 Å². The van der Waals surface area contributed by atoms with E-state index in [1.165, 1.54) is 69.5 Å². The van der Waals surface area contributed by atoms with E-state index in [1.54, 1.807) is 6.92 Å². The number of hydrogen-bond acceptors (Lipinski definition) is 2. The van der Waals surface area contributed by atoms with Gasteiger partial charge >= 0.3 is 0 Å². The smallest absolute Gasteiger partial charge is 0.185 e. The summed E-state index contributed by atoms with van der Waals surface area (Å²) >= 11 is 1.46. The van der Waals surface area contributed by atoms with Gasteiger partial charge in [-0.1, -0.05) is 56.4 Å². The molecule has 0 amide bonds. The summed E-state index contributed by atoms with van der Waals surface area (Å²) in [5.41, 5.74) is 0. The molecule has 0 bridgehead atoms. The number of thioether (sulfide) groups is 1. The first-order valence-corrected chi connectivity index (χ1v) is 7.50. The highest BCUT2D eigenvalue weighted by atomic mass is 32.2. The summed E-state index contributed by atoms with van der Waals surface area (Å²) in [6.45, 7) is 5.37. The van der Waals surface area contributed by atoms with E-state index in [2.05, 4.69) is 6.58 Å². The summed E-state index contributed by atoms with van der Waals surface area (Å²) in [6.07, 6.45) is 13.7. The van der Waals surface area contributed by atoms with E-state index in [4.69, 9.17) is 0 Å². The second kappa shape index (κ2) is 12.8. The first kappa shape index (κ1) is 15.8. The number of allylic oxidation sites excluding steroid dienone is 1. The van der Waals surface area contributed by atoms with Crippen LogP contribution >= 0.6 is 11.8 Å². The van der Waals surface area contributed by atoms with Crippen molar-refractivity contribution in [1.82, 2.24) is 0 Å². The Morgan fingerprint density at radius 1 is 1.00 bits per heavy atom. The molecule has 0 rings (SSSR count). The van der Waals surface area contributed by atoms with E-state index in [-0.39, 0.29) is 5.12 Å². The maximum absolute atomic E-state index is 10.7. The highest BCUT2D eigenvalue weighted by molar-refractivity contribution is 8.13. The summed E-state index contributed by atoms with van der Waals surface area (Å²) in [7, 11) is 0. The zero-order chi connectivity index (χ0) is 12.1. The molecule has 0 radical (unpaired) electrons. The molecular weight excluding hydrogens is 216 g/mol. The zero-order valence-corrected chi connectivity index (χ0v) is 11.5. The van der Waals surface area contributed by atoms with Crippen LogP contribution in [0.15, 0.2) is 12.7 Å². The molecule has 1 nitrogen and oxygen atoms in total. The van der Waals surface area contributed by atoms with Gasteiger partial charge in [0.2, 0.25) is 0 Å². The van der Waals surface area contributed by atoms with E-state index in [0.29, 0.717) is 0 Å². The van der Waals surface area contributed by atoms with E-state index >= 15 is 0 Å². The SMILES string of the molecule is C=CCCCCCCCCCCSC(C)=O. The van der Waals surface area contributed by atoms with Crippen LogP contribution < -0.4 is 0 Å². The Labute approximate surface area is 105 Å². The van der Waals surface area contributed by atoms with Crippen molar-refractivity contribution in [1.29, 1.82) is 0 Å². The van der Waals surface area contributed by atoms with Crippen molar-refractivity contribution in [3.8, 4) is 0 Å².